The maximum atomic E-state index is 12.2. The summed E-state index contributed by atoms with van der Waals surface area (Å²) in [7, 11) is 0. The van der Waals surface area contributed by atoms with Crippen LogP contribution in [0.1, 0.15) is 10.4 Å². The molecule has 0 fully saturated rings. The average molecular weight is 359 g/mol. The van der Waals surface area contributed by atoms with E-state index in [-0.39, 0.29) is 16.5 Å². The third-order valence-electron chi connectivity index (χ3n) is 3.09. The molecule has 0 aliphatic rings. The highest BCUT2D eigenvalue weighted by atomic mass is 32.1. The summed E-state index contributed by atoms with van der Waals surface area (Å²) in [6, 6.07) is 10.9. The minimum absolute atomic E-state index is 0.0363. The smallest absolute Gasteiger partial charge is 0.292 e. The second-order valence-electron chi connectivity index (χ2n) is 4.65. The van der Waals surface area contributed by atoms with Crippen molar-refractivity contribution in [2.24, 2.45) is 0 Å². The Morgan fingerprint density at radius 2 is 1.92 bits per heavy atom. The molecule has 0 aliphatic carbocycles. The van der Waals surface area contributed by atoms with Gasteiger partial charge < -0.3 is 5.32 Å². The summed E-state index contributed by atoms with van der Waals surface area (Å²) in [6.45, 7) is 0. The number of aromatic nitrogens is 2. The van der Waals surface area contributed by atoms with E-state index < -0.39 is 10.8 Å². The van der Waals surface area contributed by atoms with Crippen molar-refractivity contribution in [2.45, 2.75) is 0 Å². The highest BCUT2D eigenvalue weighted by molar-refractivity contribution is 7.80. The zero-order valence-corrected chi connectivity index (χ0v) is 13.6. The first-order valence-corrected chi connectivity index (χ1v) is 7.76. The summed E-state index contributed by atoms with van der Waals surface area (Å²) in [5, 5.41) is 16.1. The number of nitrogens with one attached hydrogen (secondary N) is 2. The van der Waals surface area contributed by atoms with Crippen LogP contribution in [0.15, 0.2) is 42.5 Å². The molecule has 10 heteroatoms. The topological polar surface area (TPSA) is 110 Å². The molecule has 0 saturated heterocycles. The van der Waals surface area contributed by atoms with E-state index in [0.29, 0.717) is 16.6 Å². The van der Waals surface area contributed by atoms with Crippen LogP contribution in [0.3, 0.4) is 0 Å². The molecular weight excluding hydrogens is 350 g/mol. The maximum absolute atomic E-state index is 12.2. The summed E-state index contributed by atoms with van der Waals surface area (Å²) in [4.78, 5) is 22.6. The van der Waals surface area contributed by atoms with Crippen molar-refractivity contribution in [3.63, 3.8) is 0 Å². The quantitative estimate of drug-likeness (QED) is 0.420. The highest BCUT2D eigenvalue weighted by Gasteiger charge is 2.15. The highest BCUT2D eigenvalue weighted by Crippen LogP contribution is 2.23. The predicted molar refractivity (Wildman–Crippen MR) is 94.2 cm³/mol. The van der Waals surface area contributed by atoms with Crippen molar-refractivity contribution in [3.05, 3.63) is 58.1 Å². The Morgan fingerprint density at radius 1 is 1.17 bits per heavy atom. The van der Waals surface area contributed by atoms with Crippen LogP contribution in [-0.2, 0) is 0 Å². The standard InChI is InChI=1S/C14H9N5O3S2/c20-13(8-5-6-9-11(7-8)18-24-17-9)16-14(23)15-10-3-1-2-4-12(10)19(21)22/h1-7H,(H2,15,16,20,23). The first-order valence-electron chi connectivity index (χ1n) is 6.62. The molecule has 0 unspecified atom stereocenters. The fraction of sp³-hybridized carbons (Fsp3) is 0. The molecule has 3 rings (SSSR count). The van der Waals surface area contributed by atoms with Crippen LogP contribution in [0.5, 0.6) is 0 Å². The third-order valence-corrected chi connectivity index (χ3v) is 3.85. The number of nitrogens with zero attached hydrogens (tertiary/aromatic N) is 3. The second-order valence-corrected chi connectivity index (χ2v) is 5.59. The lowest BCUT2D eigenvalue weighted by Gasteiger charge is -2.09. The number of hydrogen-bond acceptors (Lipinski definition) is 7. The molecule has 1 aromatic heterocycles. The summed E-state index contributed by atoms with van der Waals surface area (Å²) < 4.78 is 8.13. The summed E-state index contributed by atoms with van der Waals surface area (Å²) in [5.74, 6) is -0.444. The van der Waals surface area contributed by atoms with Crippen molar-refractivity contribution >= 4 is 57.4 Å². The molecule has 1 amide bonds. The minimum atomic E-state index is -0.532. The van der Waals surface area contributed by atoms with Gasteiger partial charge in [0.2, 0.25) is 0 Å². The zero-order chi connectivity index (χ0) is 17.1. The van der Waals surface area contributed by atoms with Gasteiger partial charge in [0.15, 0.2) is 5.11 Å². The second kappa shape index (κ2) is 6.64. The number of thiocarbonyl (C=S) groups is 1. The molecule has 0 spiro atoms. The molecule has 24 heavy (non-hydrogen) atoms. The summed E-state index contributed by atoms with van der Waals surface area (Å²) in [5.41, 5.74) is 1.75. The lowest BCUT2D eigenvalue weighted by molar-refractivity contribution is -0.383. The van der Waals surface area contributed by atoms with Gasteiger partial charge in [-0.15, -0.1) is 0 Å². The number of benzene rings is 2. The number of nitro benzene ring substituents is 1. The normalized spacial score (nSPS) is 10.3. The Hall–Kier alpha value is -2.98. The molecule has 120 valence electrons. The van der Waals surface area contributed by atoms with Crippen molar-refractivity contribution < 1.29 is 9.72 Å². The molecular formula is C14H9N5O3S2. The lowest BCUT2D eigenvalue weighted by Crippen LogP contribution is -2.34. The predicted octanol–water partition coefficient (Wildman–Crippen LogP) is 2.73. The number of fused-ring (bicyclic) bond motifs is 1. The zero-order valence-electron chi connectivity index (χ0n) is 11.9. The van der Waals surface area contributed by atoms with Crippen molar-refractivity contribution in [1.82, 2.24) is 14.1 Å². The van der Waals surface area contributed by atoms with Gasteiger partial charge in [-0.1, -0.05) is 12.1 Å². The van der Waals surface area contributed by atoms with Gasteiger partial charge in [0.1, 0.15) is 16.7 Å². The summed E-state index contributed by atoms with van der Waals surface area (Å²) in [6.07, 6.45) is 0. The average Bonchev–Trinajstić information content (AvgIpc) is 3.02. The van der Waals surface area contributed by atoms with E-state index in [1.807, 2.05) is 0 Å². The van der Waals surface area contributed by atoms with Crippen LogP contribution >= 0.6 is 23.9 Å². The number of amides is 1. The number of carbonyl (C=O) groups is 1. The number of para-hydroxylation sites is 2. The van der Waals surface area contributed by atoms with Gasteiger partial charge in [0.05, 0.1) is 16.7 Å². The van der Waals surface area contributed by atoms with E-state index in [4.69, 9.17) is 12.2 Å². The largest absolute Gasteiger partial charge is 0.327 e. The number of carbonyl (C=O) groups excluding carboxylic acids is 1. The Balaban J connectivity index is 1.72. The maximum Gasteiger partial charge on any atom is 0.292 e. The van der Waals surface area contributed by atoms with Crippen LogP contribution in [0.25, 0.3) is 11.0 Å². The van der Waals surface area contributed by atoms with E-state index in [9.17, 15) is 14.9 Å². The van der Waals surface area contributed by atoms with Gasteiger partial charge in [-0.05, 0) is 36.5 Å². The molecule has 0 aliphatic heterocycles. The number of rotatable bonds is 3. The Labute approximate surface area is 145 Å². The number of hydrogen-bond donors (Lipinski definition) is 2. The Kier molecular flexibility index (Phi) is 4.40. The van der Waals surface area contributed by atoms with Crippen LogP contribution in [-0.4, -0.2) is 24.7 Å². The fourth-order valence-corrected chi connectivity index (χ4v) is 2.71. The van der Waals surface area contributed by atoms with E-state index in [1.54, 1.807) is 30.3 Å². The molecule has 0 radical (unpaired) electrons. The van der Waals surface area contributed by atoms with Crippen LogP contribution in [0, 0.1) is 10.1 Å². The van der Waals surface area contributed by atoms with E-state index in [0.717, 1.165) is 11.7 Å². The van der Waals surface area contributed by atoms with E-state index in [2.05, 4.69) is 19.4 Å². The number of anilines is 1. The van der Waals surface area contributed by atoms with Gasteiger partial charge in [0.25, 0.3) is 11.6 Å². The van der Waals surface area contributed by atoms with Crippen LogP contribution in [0.4, 0.5) is 11.4 Å². The fourth-order valence-electron chi connectivity index (χ4n) is 1.99. The van der Waals surface area contributed by atoms with E-state index in [1.165, 1.54) is 12.1 Å². The van der Waals surface area contributed by atoms with Gasteiger partial charge in [-0.2, -0.15) is 8.75 Å². The first kappa shape index (κ1) is 15.9. The van der Waals surface area contributed by atoms with Gasteiger partial charge in [0, 0.05) is 11.6 Å². The van der Waals surface area contributed by atoms with Crippen molar-refractivity contribution in [1.29, 1.82) is 0 Å². The Morgan fingerprint density at radius 3 is 2.71 bits per heavy atom. The van der Waals surface area contributed by atoms with Crippen molar-refractivity contribution in [3.8, 4) is 0 Å². The van der Waals surface area contributed by atoms with Crippen LogP contribution in [0.2, 0.25) is 0 Å². The molecule has 0 bridgehead atoms. The van der Waals surface area contributed by atoms with Gasteiger partial charge in [-0.3, -0.25) is 20.2 Å². The third kappa shape index (κ3) is 3.34. The molecule has 1 heterocycles. The van der Waals surface area contributed by atoms with Gasteiger partial charge >= 0.3 is 0 Å². The summed E-state index contributed by atoms with van der Waals surface area (Å²) >= 11 is 6.11. The molecule has 2 N–H and O–H groups in total. The SMILES string of the molecule is O=C(NC(=S)Nc1ccccc1[N+](=O)[O-])c1ccc2nsnc2c1. The van der Waals surface area contributed by atoms with Crippen molar-refractivity contribution in [2.75, 3.05) is 5.32 Å². The lowest BCUT2D eigenvalue weighted by atomic mass is 10.2. The first-order chi connectivity index (χ1) is 11.5. The van der Waals surface area contributed by atoms with Gasteiger partial charge in [-0.25, -0.2) is 0 Å². The Bertz CT molecular complexity index is 956. The molecule has 8 nitrogen and oxygen atoms in total. The van der Waals surface area contributed by atoms with E-state index >= 15 is 0 Å². The molecule has 0 saturated carbocycles. The molecule has 0 atom stereocenters. The monoisotopic (exact) mass is 359 g/mol. The molecule has 3 aromatic rings. The van der Waals surface area contributed by atoms with Crippen LogP contribution < -0.4 is 10.6 Å². The number of nitro groups is 1. The minimum Gasteiger partial charge on any atom is -0.327 e. The molecule has 2 aromatic carbocycles.